The number of hydrogen-bond donors (Lipinski definition) is 1. The van der Waals surface area contributed by atoms with E-state index in [0.29, 0.717) is 30.2 Å². The Morgan fingerprint density at radius 2 is 1.40 bits per heavy atom. The van der Waals surface area contributed by atoms with Crippen molar-refractivity contribution >= 4 is 11.8 Å². The smallest absolute Gasteiger partial charge is 0.255 e. The number of hydrogen-bond acceptors (Lipinski definition) is 3. The highest BCUT2D eigenvalue weighted by molar-refractivity contribution is 5.97. The Balaban J connectivity index is 1.60. The van der Waals surface area contributed by atoms with E-state index in [0.717, 1.165) is 12.8 Å². The Morgan fingerprint density at radius 1 is 0.867 bits per heavy atom. The molecule has 0 fully saturated rings. The van der Waals surface area contributed by atoms with Crippen LogP contribution in [0.4, 0.5) is 0 Å². The van der Waals surface area contributed by atoms with Gasteiger partial charge in [0.15, 0.2) is 0 Å². The molecule has 0 radical (unpaired) electrons. The molecule has 1 N–H and O–H groups in total. The second-order valence-corrected chi connectivity index (χ2v) is 7.36. The highest BCUT2D eigenvalue weighted by Crippen LogP contribution is 2.13. The fraction of sp³-hybridized carbons (Fsp3) is 0.280. The van der Waals surface area contributed by atoms with Gasteiger partial charge in [-0.25, -0.2) is 0 Å². The van der Waals surface area contributed by atoms with Crippen LogP contribution in [0.15, 0.2) is 71.1 Å². The maximum absolute atomic E-state index is 12.9. The van der Waals surface area contributed by atoms with Crippen LogP contribution in [0.3, 0.4) is 0 Å². The largest absolute Gasteiger partial charge is 0.466 e. The summed E-state index contributed by atoms with van der Waals surface area (Å²) in [7, 11) is 0. The number of carbonyl (C=O) groups excluding carboxylic acids is 2. The van der Waals surface area contributed by atoms with E-state index in [1.165, 1.54) is 11.1 Å². The number of aryl methyl sites for hydroxylation is 2. The molecule has 0 spiro atoms. The Bertz CT molecular complexity index is 921. The van der Waals surface area contributed by atoms with Gasteiger partial charge in [0.2, 0.25) is 5.91 Å². The zero-order valence-corrected chi connectivity index (χ0v) is 17.6. The fourth-order valence-electron chi connectivity index (χ4n) is 3.40. The number of furan rings is 1. The zero-order chi connectivity index (χ0) is 21.3. The second kappa shape index (κ2) is 10.4. The van der Waals surface area contributed by atoms with Crippen molar-refractivity contribution in [2.75, 3.05) is 19.6 Å². The van der Waals surface area contributed by atoms with Crippen molar-refractivity contribution < 1.29 is 14.0 Å². The van der Waals surface area contributed by atoms with Gasteiger partial charge < -0.3 is 14.6 Å². The SMILES string of the molecule is Cc1cc(C(=O)NCC(=O)N(CCc2ccccc2)CCc2ccccc2)c(C)o1. The van der Waals surface area contributed by atoms with E-state index >= 15 is 0 Å². The summed E-state index contributed by atoms with van der Waals surface area (Å²) in [5, 5.41) is 2.74. The third-order valence-corrected chi connectivity index (χ3v) is 5.06. The molecule has 2 amide bonds. The Hall–Kier alpha value is -3.34. The molecule has 3 aromatic rings. The molecule has 5 heteroatoms. The molecule has 5 nitrogen and oxygen atoms in total. The first-order chi connectivity index (χ1) is 14.5. The van der Waals surface area contributed by atoms with Gasteiger partial charge in [-0.15, -0.1) is 0 Å². The minimum atomic E-state index is -0.288. The highest BCUT2D eigenvalue weighted by Gasteiger charge is 2.18. The molecular formula is C25H28N2O3. The van der Waals surface area contributed by atoms with E-state index in [1.54, 1.807) is 19.9 Å². The number of nitrogens with one attached hydrogen (secondary N) is 1. The first kappa shape index (κ1) is 21.4. The predicted molar refractivity (Wildman–Crippen MR) is 117 cm³/mol. The number of nitrogens with zero attached hydrogens (tertiary/aromatic N) is 1. The molecule has 0 aliphatic rings. The molecule has 30 heavy (non-hydrogen) atoms. The average molecular weight is 405 g/mol. The topological polar surface area (TPSA) is 62.6 Å². The van der Waals surface area contributed by atoms with Crippen molar-refractivity contribution in [1.82, 2.24) is 10.2 Å². The van der Waals surface area contributed by atoms with E-state index in [-0.39, 0.29) is 18.4 Å². The van der Waals surface area contributed by atoms with Crippen molar-refractivity contribution in [3.05, 3.63) is 94.9 Å². The monoisotopic (exact) mass is 404 g/mol. The van der Waals surface area contributed by atoms with Crippen molar-refractivity contribution in [3.8, 4) is 0 Å². The summed E-state index contributed by atoms with van der Waals surface area (Å²) < 4.78 is 5.41. The van der Waals surface area contributed by atoms with Crippen molar-refractivity contribution in [2.45, 2.75) is 26.7 Å². The molecule has 0 saturated carbocycles. The summed E-state index contributed by atoms with van der Waals surface area (Å²) in [5.74, 6) is 0.857. The van der Waals surface area contributed by atoms with Crippen LogP contribution in [-0.4, -0.2) is 36.3 Å². The number of amides is 2. The lowest BCUT2D eigenvalue weighted by molar-refractivity contribution is -0.130. The van der Waals surface area contributed by atoms with Gasteiger partial charge in [-0.05, 0) is 43.9 Å². The van der Waals surface area contributed by atoms with Crippen LogP contribution in [0.2, 0.25) is 0 Å². The first-order valence-corrected chi connectivity index (χ1v) is 10.2. The lowest BCUT2D eigenvalue weighted by Crippen LogP contribution is -2.42. The molecule has 1 aromatic heterocycles. The minimum absolute atomic E-state index is 0.0356. The quantitative estimate of drug-likeness (QED) is 0.588. The van der Waals surface area contributed by atoms with Crippen molar-refractivity contribution in [2.24, 2.45) is 0 Å². The number of rotatable bonds is 9. The van der Waals surface area contributed by atoms with Gasteiger partial charge >= 0.3 is 0 Å². The summed E-state index contributed by atoms with van der Waals surface area (Å²) in [4.78, 5) is 27.1. The second-order valence-electron chi connectivity index (χ2n) is 7.36. The fourth-order valence-corrected chi connectivity index (χ4v) is 3.40. The van der Waals surface area contributed by atoms with Gasteiger partial charge in [0.25, 0.3) is 5.91 Å². The van der Waals surface area contributed by atoms with Gasteiger partial charge in [0.05, 0.1) is 12.1 Å². The van der Waals surface area contributed by atoms with Crippen molar-refractivity contribution in [1.29, 1.82) is 0 Å². The van der Waals surface area contributed by atoms with Crippen LogP contribution in [0, 0.1) is 13.8 Å². The van der Waals surface area contributed by atoms with E-state index < -0.39 is 0 Å². The lowest BCUT2D eigenvalue weighted by Gasteiger charge is -2.23. The van der Waals surface area contributed by atoms with Crippen LogP contribution in [0.1, 0.15) is 33.0 Å². The molecule has 1 heterocycles. The summed E-state index contributed by atoms with van der Waals surface area (Å²) in [5.41, 5.74) is 2.84. The predicted octanol–water partition coefficient (Wildman–Crippen LogP) is 3.94. The van der Waals surface area contributed by atoms with Gasteiger partial charge in [-0.1, -0.05) is 60.7 Å². The Labute approximate surface area is 177 Å². The van der Waals surface area contributed by atoms with Gasteiger partial charge in [-0.3, -0.25) is 9.59 Å². The Kier molecular flexibility index (Phi) is 7.44. The molecule has 3 rings (SSSR count). The summed E-state index contributed by atoms with van der Waals surface area (Å²) >= 11 is 0. The first-order valence-electron chi connectivity index (χ1n) is 10.2. The van der Waals surface area contributed by atoms with E-state index in [1.807, 2.05) is 41.3 Å². The molecule has 0 aliphatic heterocycles. The van der Waals surface area contributed by atoms with Crippen molar-refractivity contribution in [3.63, 3.8) is 0 Å². The molecule has 0 bridgehead atoms. The number of carbonyl (C=O) groups is 2. The zero-order valence-electron chi connectivity index (χ0n) is 17.6. The van der Waals surface area contributed by atoms with Crippen LogP contribution >= 0.6 is 0 Å². The van der Waals surface area contributed by atoms with E-state index in [2.05, 4.69) is 29.6 Å². The van der Waals surface area contributed by atoms with Crippen LogP contribution in [0.5, 0.6) is 0 Å². The molecule has 0 aliphatic carbocycles. The lowest BCUT2D eigenvalue weighted by atomic mass is 10.1. The van der Waals surface area contributed by atoms with Gasteiger partial charge in [0.1, 0.15) is 11.5 Å². The standard InChI is InChI=1S/C25H28N2O3/c1-19-17-23(20(2)30-19)25(29)26-18-24(28)27(15-13-21-9-5-3-6-10-21)16-14-22-11-7-4-8-12-22/h3-12,17H,13-16,18H2,1-2H3,(H,26,29). The van der Waals surface area contributed by atoms with Gasteiger partial charge in [-0.2, -0.15) is 0 Å². The van der Waals surface area contributed by atoms with Crippen LogP contribution in [-0.2, 0) is 17.6 Å². The minimum Gasteiger partial charge on any atom is -0.466 e. The summed E-state index contributed by atoms with van der Waals surface area (Å²) in [6, 6.07) is 21.9. The number of benzene rings is 2. The maximum Gasteiger partial charge on any atom is 0.255 e. The van der Waals surface area contributed by atoms with Crippen LogP contribution in [0.25, 0.3) is 0 Å². The van der Waals surface area contributed by atoms with Gasteiger partial charge in [0, 0.05) is 13.1 Å². The van der Waals surface area contributed by atoms with E-state index in [4.69, 9.17) is 4.42 Å². The molecular weight excluding hydrogens is 376 g/mol. The molecule has 156 valence electrons. The van der Waals surface area contributed by atoms with E-state index in [9.17, 15) is 9.59 Å². The Morgan fingerprint density at radius 3 is 1.87 bits per heavy atom. The maximum atomic E-state index is 12.9. The summed E-state index contributed by atoms with van der Waals surface area (Å²) in [6.45, 7) is 4.72. The molecule has 0 unspecified atom stereocenters. The molecule has 0 saturated heterocycles. The average Bonchev–Trinajstić information content (AvgIpc) is 3.11. The highest BCUT2D eigenvalue weighted by atomic mass is 16.3. The molecule has 2 aromatic carbocycles. The summed E-state index contributed by atoms with van der Waals surface area (Å²) in [6.07, 6.45) is 1.55. The normalized spacial score (nSPS) is 10.6. The van der Waals surface area contributed by atoms with Crippen LogP contribution < -0.4 is 5.32 Å². The molecule has 0 atom stereocenters. The third kappa shape index (κ3) is 6.08. The third-order valence-electron chi connectivity index (χ3n) is 5.06.